The molecule has 0 aromatic carbocycles. The smallest absolute Gasteiger partial charge is 0.240 e. The Labute approximate surface area is 105 Å². The molecule has 0 aliphatic rings. The summed E-state index contributed by atoms with van der Waals surface area (Å²) in [5.74, 6) is -0.0764. The normalized spacial score (nSPS) is 12.8. The third-order valence-corrected chi connectivity index (χ3v) is 3.08. The molecular formula is C11H19N3O2S. The molecule has 2 N–H and O–H groups in total. The summed E-state index contributed by atoms with van der Waals surface area (Å²) in [4.78, 5) is 17.7. The minimum Gasteiger partial charge on any atom is -0.393 e. The van der Waals surface area contributed by atoms with Gasteiger partial charge < -0.3 is 10.4 Å². The van der Waals surface area contributed by atoms with Gasteiger partial charge in [0.25, 0.3) is 0 Å². The second kappa shape index (κ2) is 6.68. The van der Waals surface area contributed by atoms with Gasteiger partial charge in [0.05, 0.1) is 18.3 Å². The fourth-order valence-corrected chi connectivity index (χ4v) is 2.01. The van der Waals surface area contributed by atoms with E-state index in [0.29, 0.717) is 24.6 Å². The number of anilines is 1. The number of hydrogen-bond donors (Lipinski definition) is 2. The SMILES string of the molecule is Cc1csc(NC(=O)CN(C)CCC(C)O)n1. The maximum Gasteiger partial charge on any atom is 0.240 e. The number of aliphatic hydroxyl groups excluding tert-OH is 1. The molecule has 0 saturated carbocycles. The molecule has 1 rings (SSSR count). The Bertz CT molecular complexity index is 365. The molecule has 6 heteroatoms. The number of carbonyl (C=O) groups excluding carboxylic acids is 1. The maximum absolute atomic E-state index is 11.6. The first kappa shape index (κ1) is 14.1. The number of hydrogen-bond acceptors (Lipinski definition) is 5. The van der Waals surface area contributed by atoms with Gasteiger partial charge in [0, 0.05) is 11.9 Å². The fraction of sp³-hybridized carbons (Fsp3) is 0.636. The summed E-state index contributed by atoms with van der Waals surface area (Å²) in [5, 5.41) is 14.4. The van der Waals surface area contributed by atoms with Gasteiger partial charge in [0.1, 0.15) is 0 Å². The van der Waals surface area contributed by atoms with Crippen molar-refractivity contribution in [3.8, 4) is 0 Å². The van der Waals surface area contributed by atoms with Gasteiger partial charge in [0.2, 0.25) is 5.91 Å². The van der Waals surface area contributed by atoms with Gasteiger partial charge in [-0.15, -0.1) is 11.3 Å². The predicted octanol–water partition coefficient (Wildman–Crippen LogP) is 1.09. The molecule has 0 spiro atoms. The van der Waals surface area contributed by atoms with Crippen LogP contribution in [0.1, 0.15) is 19.0 Å². The molecule has 96 valence electrons. The van der Waals surface area contributed by atoms with E-state index in [2.05, 4.69) is 10.3 Å². The zero-order valence-electron chi connectivity index (χ0n) is 10.4. The predicted molar refractivity (Wildman–Crippen MR) is 69.3 cm³/mol. The average molecular weight is 257 g/mol. The van der Waals surface area contributed by atoms with Crippen LogP contribution in [-0.2, 0) is 4.79 Å². The van der Waals surface area contributed by atoms with Crippen molar-refractivity contribution in [2.75, 3.05) is 25.5 Å². The zero-order valence-corrected chi connectivity index (χ0v) is 11.3. The number of rotatable bonds is 6. The molecular weight excluding hydrogens is 238 g/mol. The molecule has 17 heavy (non-hydrogen) atoms. The lowest BCUT2D eigenvalue weighted by Crippen LogP contribution is -2.31. The second-order valence-corrected chi connectivity index (χ2v) is 5.08. The summed E-state index contributed by atoms with van der Waals surface area (Å²) in [6.45, 7) is 4.64. The summed E-state index contributed by atoms with van der Waals surface area (Å²) in [7, 11) is 1.86. The number of nitrogens with one attached hydrogen (secondary N) is 1. The maximum atomic E-state index is 11.6. The van der Waals surface area contributed by atoms with Crippen molar-refractivity contribution in [1.82, 2.24) is 9.88 Å². The largest absolute Gasteiger partial charge is 0.393 e. The van der Waals surface area contributed by atoms with Crippen molar-refractivity contribution in [2.24, 2.45) is 0 Å². The number of thiazole rings is 1. The van der Waals surface area contributed by atoms with Crippen molar-refractivity contribution in [1.29, 1.82) is 0 Å². The first-order valence-electron chi connectivity index (χ1n) is 5.56. The quantitative estimate of drug-likeness (QED) is 0.800. The topological polar surface area (TPSA) is 65.5 Å². The van der Waals surface area contributed by atoms with Crippen LogP contribution in [0.4, 0.5) is 5.13 Å². The Kier molecular flexibility index (Phi) is 5.54. The molecule has 0 saturated heterocycles. The van der Waals surface area contributed by atoms with E-state index in [9.17, 15) is 4.79 Å². The van der Waals surface area contributed by atoms with Crippen molar-refractivity contribution < 1.29 is 9.90 Å². The van der Waals surface area contributed by atoms with Gasteiger partial charge in [-0.2, -0.15) is 0 Å². The minimum absolute atomic E-state index is 0.0764. The highest BCUT2D eigenvalue weighted by molar-refractivity contribution is 7.13. The van der Waals surface area contributed by atoms with E-state index in [4.69, 9.17) is 5.11 Å². The lowest BCUT2D eigenvalue weighted by Gasteiger charge is -2.16. The third-order valence-electron chi connectivity index (χ3n) is 2.21. The summed E-state index contributed by atoms with van der Waals surface area (Å²) in [6.07, 6.45) is 0.335. The van der Waals surface area contributed by atoms with Crippen LogP contribution in [0, 0.1) is 6.92 Å². The first-order chi connectivity index (χ1) is 7.97. The summed E-state index contributed by atoms with van der Waals surface area (Å²) >= 11 is 1.42. The molecule has 1 atom stereocenters. The van der Waals surface area contributed by atoms with Crippen LogP contribution < -0.4 is 5.32 Å². The van der Waals surface area contributed by atoms with Crippen molar-refractivity contribution in [2.45, 2.75) is 26.4 Å². The van der Waals surface area contributed by atoms with E-state index < -0.39 is 0 Å². The highest BCUT2D eigenvalue weighted by atomic mass is 32.1. The Hall–Kier alpha value is -0.980. The molecule has 1 aromatic rings. The Balaban J connectivity index is 2.29. The van der Waals surface area contributed by atoms with Crippen LogP contribution in [0.3, 0.4) is 0 Å². The van der Waals surface area contributed by atoms with Gasteiger partial charge >= 0.3 is 0 Å². The monoisotopic (exact) mass is 257 g/mol. The number of nitrogens with zero attached hydrogens (tertiary/aromatic N) is 2. The molecule has 0 fully saturated rings. The summed E-state index contributed by atoms with van der Waals surface area (Å²) < 4.78 is 0. The van der Waals surface area contributed by atoms with Gasteiger partial charge in [-0.3, -0.25) is 9.69 Å². The number of aromatic nitrogens is 1. The van der Waals surface area contributed by atoms with Crippen molar-refractivity contribution in [3.05, 3.63) is 11.1 Å². The molecule has 0 aliphatic carbocycles. The van der Waals surface area contributed by atoms with Gasteiger partial charge in [-0.25, -0.2) is 4.98 Å². The first-order valence-corrected chi connectivity index (χ1v) is 6.44. The van der Waals surface area contributed by atoms with Gasteiger partial charge in [-0.05, 0) is 27.3 Å². The highest BCUT2D eigenvalue weighted by Gasteiger charge is 2.09. The lowest BCUT2D eigenvalue weighted by molar-refractivity contribution is -0.117. The molecule has 0 aliphatic heterocycles. The van der Waals surface area contributed by atoms with E-state index >= 15 is 0 Å². The number of amides is 1. The van der Waals surface area contributed by atoms with Gasteiger partial charge in [-0.1, -0.05) is 0 Å². The Morgan fingerprint density at radius 3 is 2.94 bits per heavy atom. The minimum atomic E-state index is -0.331. The fourth-order valence-electron chi connectivity index (χ4n) is 1.30. The van der Waals surface area contributed by atoms with Crippen LogP contribution in [-0.4, -0.2) is 47.1 Å². The highest BCUT2D eigenvalue weighted by Crippen LogP contribution is 2.13. The van der Waals surface area contributed by atoms with Crippen molar-refractivity contribution >= 4 is 22.4 Å². The number of likely N-dealkylation sites (N-methyl/N-ethyl adjacent to an activating group) is 1. The van der Waals surface area contributed by atoms with Crippen LogP contribution in [0.25, 0.3) is 0 Å². The molecule has 0 radical (unpaired) electrons. The Morgan fingerprint density at radius 1 is 1.71 bits per heavy atom. The number of aliphatic hydroxyl groups is 1. The van der Waals surface area contributed by atoms with Crippen LogP contribution in [0.15, 0.2) is 5.38 Å². The summed E-state index contributed by atoms with van der Waals surface area (Å²) in [5.41, 5.74) is 0.910. The summed E-state index contributed by atoms with van der Waals surface area (Å²) in [6, 6.07) is 0. The van der Waals surface area contributed by atoms with Crippen LogP contribution in [0.2, 0.25) is 0 Å². The average Bonchev–Trinajstić information content (AvgIpc) is 2.60. The second-order valence-electron chi connectivity index (χ2n) is 4.22. The van der Waals surface area contributed by atoms with E-state index in [1.165, 1.54) is 11.3 Å². The lowest BCUT2D eigenvalue weighted by atomic mass is 10.3. The molecule has 0 bridgehead atoms. The Morgan fingerprint density at radius 2 is 2.41 bits per heavy atom. The standard InChI is InChI=1S/C11H19N3O2S/c1-8-7-17-11(12-8)13-10(16)6-14(3)5-4-9(2)15/h7,9,15H,4-6H2,1-3H3,(H,12,13,16). The van der Waals surface area contributed by atoms with Crippen molar-refractivity contribution in [3.63, 3.8) is 0 Å². The third kappa shape index (κ3) is 5.76. The van der Waals surface area contributed by atoms with E-state index in [1.807, 2.05) is 24.3 Å². The molecule has 5 nitrogen and oxygen atoms in total. The molecule has 1 amide bonds. The van der Waals surface area contributed by atoms with E-state index in [1.54, 1.807) is 6.92 Å². The number of carbonyl (C=O) groups is 1. The van der Waals surface area contributed by atoms with Gasteiger partial charge in [0.15, 0.2) is 5.13 Å². The molecule has 1 heterocycles. The van der Waals surface area contributed by atoms with Crippen LogP contribution >= 0.6 is 11.3 Å². The van der Waals surface area contributed by atoms with E-state index in [0.717, 1.165) is 5.69 Å². The molecule has 1 unspecified atom stereocenters. The zero-order chi connectivity index (χ0) is 12.8. The van der Waals surface area contributed by atoms with E-state index in [-0.39, 0.29) is 12.0 Å². The molecule has 1 aromatic heterocycles. The van der Waals surface area contributed by atoms with Crippen LogP contribution in [0.5, 0.6) is 0 Å². The number of aryl methyl sites for hydroxylation is 1.